The first-order chi connectivity index (χ1) is 8.20. The Morgan fingerprint density at radius 3 is 2.88 bits per heavy atom. The first kappa shape index (κ1) is 13.1. The van der Waals surface area contributed by atoms with Gasteiger partial charge in [0.1, 0.15) is 5.82 Å². The lowest BCUT2D eigenvalue weighted by atomic mass is 10.1. The van der Waals surface area contributed by atoms with Crippen molar-refractivity contribution in [1.29, 1.82) is 0 Å². The molecule has 2 unspecified atom stereocenters. The van der Waals surface area contributed by atoms with E-state index in [1.165, 1.54) is 18.9 Å². The first-order valence-corrected chi connectivity index (χ1v) is 6.85. The molecule has 0 aromatic heterocycles. The van der Waals surface area contributed by atoms with Crippen molar-refractivity contribution in [3.8, 4) is 0 Å². The third kappa shape index (κ3) is 3.34. The number of halogens is 3. The molecule has 0 saturated heterocycles. The van der Waals surface area contributed by atoms with Gasteiger partial charge in [0.25, 0.3) is 0 Å². The van der Waals surface area contributed by atoms with Gasteiger partial charge in [-0.25, -0.2) is 4.39 Å². The first-order valence-electron chi connectivity index (χ1n) is 5.94. The molecule has 1 aromatic rings. The van der Waals surface area contributed by atoms with Gasteiger partial charge in [-0.05, 0) is 36.5 Å². The van der Waals surface area contributed by atoms with Gasteiger partial charge in [0.2, 0.25) is 0 Å². The molecule has 1 aliphatic rings. The van der Waals surface area contributed by atoms with Crippen LogP contribution in [0.3, 0.4) is 0 Å². The number of nitrogens with one attached hydrogen (secondary N) is 1. The Labute approximate surface area is 111 Å². The van der Waals surface area contributed by atoms with E-state index in [1.807, 2.05) is 6.07 Å². The predicted molar refractivity (Wildman–Crippen MR) is 70.1 cm³/mol. The predicted octanol–water partition coefficient (Wildman–Crippen LogP) is 3.98. The molecule has 0 spiro atoms. The van der Waals surface area contributed by atoms with Crippen LogP contribution in [-0.2, 0) is 6.54 Å². The largest absolute Gasteiger partial charge is 0.310 e. The molecule has 17 heavy (non-hydrogen) atoms. The summed E-state index contributed by atoms with van der Waals surface area (Å²) in [5.41, 5.74) is 0.923. The van der Waals surface area contributed by atoms with Crippen LogP contribution in [0.15, 0.2) is 18.2 Å². The van der Waals surface area contributed by atoms with Crippen LogP contribution in [-0.4, -0.2) is 11.9 Å². The van der Waals surface area contributed by atoms with Crippen molar-refractivity contribution in [2.75, 3.05) is 5.88 Å². The molecule has 2 atom stereocenters. The van der Waals surface area contributed by atoms with E-state index in [4.69, 9.17) is 23.2 Å². The van der Waals surface area contributed by atoms with Crippen molar-refractivity contribution in [2.24, 2.45) is 5.92 Å². The summed E-state index contributed by atoms with van der Waals surface area (Å²) in [4.78, 5) is 0. The van der Waals surface area contributed by atoms with Gasteiger partial charge in [0.05, 0.1) is 5.02 Å². The van der Waals surface area contributed by atoms with Gasteiger partial charge in [0, 0.05) is 18.5 Å². The van der Waals surface area contributed by atoms with Crippen LogP contribution in [0.5, 0.6) is 0 Å². The minimum atomic E-state index is -0.355. The molecule has 1 fully saturated rings. The highest BCUT2D eigenvalue weighted by molar-refractivity contribution is 6.30. The zero-order valence-electron chi connectivity index (χ0n) is 9.56. The topological polar surface area (TPSA) is 12.0 Å². The van der Waals surface area contributed by atoms with Crippen molar-refractivity contribution in [3.63, 3.8) is 0 Å². The number of hydrogen-bond acceptors (Lipinski definition) is 1. The van der Waals surface area contributed by atoms with Gasteiger partial charge in [-0.2, -0.15) is 0 Å². The van der Waals surface area contributed by atoms with Crippen molar-refractivity contribution in [1.82, 2.24) is 5.32 Å². The van der Waals surface area contributed by atoms with Crippen LogP contribution in [0.1, 0.15) is 24.8 Å². The van der Waals surface area contributed by atoms with Crippen LogP contribution in [0, 0.1) is 11.7 Å². The maximum atomic E-state index is 13.2. The summed E-state index contributed by atoms with van der Waals surface area (Å²) < 4.78 is 13.2. The van der Waals surface area contributed by atoms with E-state index in [-0.39, 0.29) is 10.8 Å². The Hall–Kier alpha value is -0.310. The van der Waals surface area contributed by atoms with E-state index in [9.17, 15) is 4.39 Å². The van der Waals surface area contributed by atoms with Gasteiger partial charge >= 0.3 is 0 Å². The minimum Gasteiger partial charge on any atom is -0.310 e. The van der Waals surface area contributed by atoms with Crippen molar-refractivity contribution in [2.45, 2.75) is 31.8 Å². The van der Waals surface area contributed by atoms with Crippen LogP contribution in [0.25, 0.3) is 0 Å². The summed E-state index contributed by atoms with van der Waals surface area (Å²) in [6, 6.07) is 5.40. The van der Waals surface area contributed by atoms with E-state index in [1.54, 1.807) is 6.07 Å². The fraction of sp³-hybridized carbons (Fsp3) is 0.538. The Morgan fingerprint density at radius 1 is 1.35 bits per heavy atom. The molecule has 0 aliphatic heterocycles. The summed E-state index contributed by atoms with van der Waals surface area (Å²) >= 11 is 11.6. The van der Waals surface area contributed by atoms with E-state index in [0.717, 1.165) is 12.0 Å². The molecular formula is C13H16Cl2FN. The second kappa shape index (κ2) is 6.03. The zero-order valence-corrected chi connectivity index (χ0v) is 11.1. The molecule has 94 valence electrons. The van der Waals surface area contributed by atoms with Gasteiger partial charge in [-0.15, -0.1) is 11.6 Å². The SMILES string of the molecule is Fc1cc(CNC2CCCC2CCl)ccc1Cl. The number of benzene rings is 1. The fourth-order valence-electron chi connectivity index (χ4n) is 2.39. The minimum absolute atomic E-state index is 0.174. The normalized spacial score (nSPS) is 24.2. The average molecular weight is 276 g/mol. The standard InChI is InChI=1S/C13H16Cl2FN/c14-7-10-2-1-3-13(10)17-8-9-4-5-11(15)12(16)6-9/h4-6,10,13,17H,1-3,7-8H2. The lowest BCUT2D eigenvalue weighted by Crippen LogP contribution is -2.32. The molecular weight excluding hydrogens is 260 g/mol. The summed E-state index contributed by atoms with van der Waals surface area (Å²) in [6.07, 6.45) is 3.58. The second-order valence-corrected chi connectivity index (χ2v) is 5.30. The molecule has 1 aliphatic carbocycles. The molecule has 0 heterocycles. The Kier molecular flexibility index (Phi) is 4.66. The van der Waals surface area contributed by atoms with Crippen LogP contribution in [0.4, 0.5) is 4.39 Å². The molecule has 2 rings (SSSR count). The van der Waals surface area contributed by atoms with E-state index < -0.39 is 0 Å². The lowest BCUT2D eigenvalue weighted by molar-refractivity contribution is 0.429. The summed E-state index contributed by atoms with van der Waals surface area (Å²) in [7, 11) is 0. The summed E-state index contributed by atoms with van der Waals surface area (Å²) in [5, 5.41) is 3.63. The third-order valence-electron chi connectivity index (χ3n) is 3.41. The van der Waals surface area contributed by atoms with Gasteiger partial charge < -0.3 is 5.32 Å². The number of hydrogen-bond donors (Lipinski definition) is 1. The molecule has 1 saturated carbocycles. The van der Waals surface area contributed by atoms with Crippen molar-refractivity contribution >= 4 is 23.2 Å². The van der Waals surface area contributed by atoms with Gasteiger partial charge in [-0.1, -0.05) is 24.1 Å². The van der Waals surface area contributed by atoms with E-state index in [0.29, 0.717) is 24.4 Å². The molecule has 1 N–H and O–H groups in total. The second-order valence-electron chi connectivity index (χ2n) is 4.58. The van der Waals surface area contributed by atoms with Crippen LogP contribution in [0.2, 0.25) is 5.02 Å². The zero-order chi connectivity index (χ0) is 12.3. The molecule has 1 nitrogen and oxygen atoms in total. The molecule has 0 radical (unpaired) electrons. The number of alkyl halides is 1. The molecule has 0 amide bonds. The Balaban J connectivity index is 1.91. The fourth-order valence-corrected chi connectivity index (χ4v) is 2.88. The quantitative estimate of drug-likeness (QED) is 0.820. The van der Waals surface area contributed by atoms with Gasteiger partial charge in [0.15, 0.2) is 0 Å². The maximum Gasteiger partial charge on any atom is 0.142 e. The van der Waals surface area contributed by atoms with E-state index >= 15 is 0 Å². The third-order valence-corrected chi connectivity index (χ3v) is 4.11. The Morgan fingerprint density at radius 2 is 2.18 bits per heavy atom. The van der Waals surface area contributed by atoms with Crippen molar-refractivity contribution < 1.29 is 4.39 Å². The summed E-state index contributed by atoms with van der Waals surface area (Å²) in [6.45, 7) is 0.673. The van der Waals surface area contributed by atoms with E-state index in [2.05, 4.69) is 5.32 Å². The smallest absolute Gasteiger partial charge is 0.142 e. The summed E-state index contributed by atoms with van der Waals surface area (Å²) in [5.74, 6) is 0.896. The molecule has 1 aromatic carbocycles. The van der Waals surface area contributed by atoms with Crippen LogP contribution < -0.4 is 5.32 Å². The van der Waals surface area contributed by atoms with Gasteiger partial charge in [-0.3, -0.25) is 0 Å². The monoisotopic (exact) mass is 275 g/mol. The molecule has 4 heteroatoms. The lowest BCUT2D eigenvalue weighted by Gasteiger charge is -2.18. The highest BCUT2D eigenvalue weighted by atomic mass is 35.5. The number of rotatable bonds is 4. The highest BCUT2D eigenvalue weighted by Gasteiger charge is 2.25. The highest BCUT2D eigenvalue weighted by Crippen LogP contribution is 2.27. The van der Waals surface area contributed by atoms with Crippen LogP contribution >= 0.6 is 23.2 Å². The average Bonchev–Trinajstić information content (AvgIpc) is 2.78. The Bertz CT molecular complexity index is 384. The maximum absolute atomic E-state index is 13.2. The molecule has 0 bridgehead atoms. The van der Waals surface area contributed by atoms with Crippen molar-refractivity contribution in [3.05, 3.63) is 34.6 Å².